The van der Waals surface area contributed by atoms with E-state index >= 15 is 0 Å². The van der Waals surface area contributed by atoms with Crippen LogP contribution in [-0.2, 0) is 6.54 Å². The van der Waals surface area contributed by atoms with E-state index in [1.54, 1.807) is 9.58 Å². The molecule has 1 fully saturated rings. The van der Waals surface area contributed by atoms with E-state index in [4.69, 9.17) is 0 Å². The normalized spacial score (nSPS) is 15.6. The zero-order valence-corrected chi connectivity index (χ0v) is 13.1. The molecule has 0 spiro atoms. The van der Waals surface area contributed by atoms with Gasteiger partial charge in [0, 0.05) is 24.8 Å². The van der Waals surface area contributed by atoms with Gasteiger partial charge in [0.1, 0.15) is 0 Å². The molecule has 0 aliphatic carbocycles. The molecule has 0 radical (unpaired) electrons. The van der Waals surface area contributed by atoms with E-state index in [1.807, 2.05) is 42.6 Å². The van der Waals surface area contributed by atoms with E-state index < -0.39 is 0 Å². The highest BCUT2D eigenvalue weighted by Gasteiger charge is 2.21. The summed E-state index contributed by atoms with van der Waals surface area (Å²) in [5.41, 5.74) is 1.93. The molecule has 1 aliphatic heterocycles. The van der Waals surface area contributed by atoms with Crippen LogP contribution in [0.3, 0.4) is 0 Å². The molecule has 6 heteroatoms. The molecule has 3 rings (SSSR count). The smallest absolute Gasteiger partial charge is 0.317 e. The Kier molecular flexibility index (Phi) is 4.92. The third-order valence-electron chi connectivity index (χ3n) is 4.06. The standard InChI is InChI=1S/C17H22N4O2/c22-13-15(18-17(23)20-9-4-5-10-20)12-21-11-8-16(19-21)14-6-2-1-3-7-14/h1-3,6-8,11,15,22H,4-5,9-10,12-13H2,(H,18,23). The zero-order chi connectivity index (χ0) is 16.1. The Morgan fingerprint density at radius 2 is 1.96 bits per heavy atom. The third kappa shape index (κ3) is 3.90. The van der Waals surface area contributed by atoms with Gasteiger partial charge in [-0.2, -0.15) is 5.10 Å². The number of aromatic nitrogens is 2. The minimum absolute atomic E-state index is 0.100. The van der Waals surface area contributed by atoms with E-state index in [0.29, 0.717) is 6.54 Å². The molecule has 122 valence electrons. The van der Waals surface area contributed by atoms with Crippen LogP contribution in [0.5, 0.6) is 0 Å². The van der Waals surface area contributed by atoms with E-state index in [0.717, 1.165) is 37.2 Å². The Balaban J connectivity index is 1.61. The minimum atomic E-state index is -0.341. The molecule has 1 unspecified atom stereocenters. The summed E-state index contributed by atoms with van der Waals surface area (Å²) in [7, 11) is 0. The van der Waals surface area contributed by atoms with Crippen LogP contribution in [0, 0.1) is 0 Å². The van der Waals surface area contributed by atoms with E-state index in [2.05, 4.69) is 10.4 Å². The number of carbonyl (C=O) groups is 1. The number of benzene rings is 1. The van der Waals surface area contributed by atoms with Crippen molar-refractivity contribution >= 4 is 6.03 Å². The van der Waals surface area contributed by atoms with Crippen molar-refractivity contribution in [3.8, 4) is 11.3 Å². The van der Waals surface area contributed by atoms with Gasteiger partial charge in [0.05, 0.1) is 24.9 Å². The van der Waals surface area contributed by atoms with Crippen LogP contribution >= 0.6 is 0 Å². The van der Waals surface area contributed by atoms with E-state index in [1.165, 1.54) is 0 Å². The van der Waals surface area contributed by atoms with E-state index in [-0.39, 0.29) is 18.7 Å². The van der Waals surface area contributed by atoms with Gasteiger partial charge in [-0.05, 0) is 18.9 Å². The number of amides is 2. The molecule has 1 saturated heterocycles. The molecule has 2 amide bonds. The lowest BCUT2D eigenvalue weighted by atomic mass is 10.2. The molecule has 1 aromatic heterocycles. The number of rotatable bonds is 5. The number of aliphatic hydroxyl groups excluding tert-OH is 1. The second-order valence-electron chi connectivity index (χ2n) is 5.81. The second kappa shape index (κ2) is 7.28. The van der Waals surface area contributed by atoms with Crippen LogP contribution in [0.15, 0.2) is 42.6 Å². The highest BCUT2D eigenvalue weighted by Crippen LogP contribution is 2.16. The van der Waals surface area contributed by atoms with Gasteiger partial charge in [0.25, 0.3) is 0 Å². The van der Waals surface area contributed by atoms with Crippen LogP contribution in [-0.4, -0.2) is 51.6 Å². The molecule has 2 aromatic rings. The first kappa shape index (κ1) is 15.6. The lowest BCUT2D eigenvalue weighted by Gasteiger charge is -2.21. The Labute approximate surface area is 135 Å². The van der Waals surface area contributed by atoms with Crippen LogP contribution in [0.25, 0.3) is 11.3 Å². The molecule has 2 heterocycles. The summed E-state index contributed by atoms with van der Waals surface area (Å²) in [6.45, 7) is 1.93. The zero-order valence-electron chi connectivity index (χ0n) is 13.1. The lowest BCUT2D eigenvalue weighted by molar-refractivity contribution is 0.184. The third-order valence-corrected chi connectivity index (χ3v) is 4.06. The Hall–Kier alpha value is -2.34. The van der Waals surface area contributed by atoms with Gasteiger partial charge in [-0.1, -0.05) is 30.3 Å². The van der Waals surface area contributed by atoms with Gasteiger partial charge >= 0.3 is 6.03 Å². The number of nitrogens with zero attached hydrogens (tertiary/aromatic N) is 3. The van der Waals surface area contributed by atoms with Crippen molar-refractivity contribution in [1.82, 2.24) is 20.0 Å². The molecule has 1 aromatic carbocycles. The number of urea groups is 1. The van der Waals surface area contributed by atoms with Crippen molar-refractivity contribution in [1.29, 1.82) is 0 Å². The quantitative estimate of drug-likeness (QED) is 0.883. The van der Waals surface area contributed by atoms with Crippen molar-refractivity contribution < 1.29 is 9.90 Å². The Morgan fingerprint density at radius 3 is 2.65 bits per heavy atom. The fraction of sp³-hybridized carbons (Fsp3) is 0.412. The highest BCUT2D eigenvalue weighted by molar-refractivity contribution is 5.74. The van der Waals surface area contributed by atoms with E-state index in [9.17, 15) is 9.90 Å². The monoisotopic (exact) mass is 314 g/mol. The first-order chi connectivity index (χ1) is 11.3. The number of aliphatic hydroxyl groups is 1. The van der Waals surface area contributed by atoms with Crippen molar-refractivity contribution in [3.05, 3.63) is 42.6 Å². The second-order valence-corrected chi connectivity index (χ2v) is 5.81. The first-order valence-electron chi connectivity index (χ1n) is 8.01. The van der Waals surface area contributed by atoms with Gasteiger partial charge in [-0.15, -0.1) is 0 Å². The molecule has 23 heavy (non-hydrogen) atoms. The van der Waals surface area contributed by atoms with Crippen molar-refractivity contribution in [2.75, 3.05) is 19.7 Å². The average Bonchev–Trinajstić information content (AvgIpc) is 3.27. The van der Waals surface area contributed by atoms with Crippen molar-refractivity contribution in [2.24, 2.45) is 0 Å². The van der Waals surface area contributed by atoms with Gasteiger partial charge in [-0.3, -0.25) is 4.68 Å². The summed E-state index contributed by atoms with van der Waals surface area (Å²) in [5.74, 6) is 0. The predicted molar refractivity (Wildman–Crippen MR) is 87.9 cm³/mol. The van der Waals surface area contributed by atoms with Crippen molar-refractivity contribution in [2.45, 2.75) is 25.4 Å². The fourth-order valence-corrected chi connectivity index (χ4v) is 2.79. The lowest BCUT2D eigenvalue weighted by Crippen LogP contribution is -2.46. The van der Waals surface area contributed by atoms with Crippen LogP contribution in [0.1, 0.15) is 12.8 Å². The molecule has 0 bridgehead atoms. The molecular formula is C17H22N4O2. The minimum Gasteiger partial charge on any atom is -0.394 e. The van der Waals surface area contributed by atoms with Crippen LogP contribution in [0.4, 0.5) is 4.79 Å². The largest absolute Gasteiger partial charge is 0.394 e. The average molecular weight is 314 g/mol. The molecule has 1 aliphatic rings. The first-order valence-corrected chi connectivity index (χ1v) is 8.01. The number of nitrogens with one attached hydrogen (secondary N) is 1. The molecule has 1 atom stereocenters. The molecule has 0 saturated carbocycles. The topological polar surface area (TPSA) is 70.4 Å². The van der Waals surface area contributed by atoms with Crippen LogP contribution < -0.4 is 5.32 Å². The van der Waals surface area contributed by atoms with Crippen molar-refractivity contribution in [3.63, 3.8) is 0 Å². The highest BCUT2D eigenvalue weighted by atomic mass is 16.3. The maximum absolute atomic E-state index is 12.1. The van der Waals surface area contributed by atoms with Gasteiger partial charge in [-0.25, -0.2) is 4.79 Å². The Morgan fingerprint density at radius 1 is 1.22 bits per heavy atom. The summed E-state index contributed by atoms with van der Waals surface area (Å²) < 4.78 is 1.76. The summed E-state index contributed by atoms with van der Waals surface area (Å²) in [6, 6.07) is 11.4. The number of hydrogen-bond acceptors (Lipinski definition) is 3. The summed E-state index contributed by atoms with van der Waals surface area (Å²) in [4.78, 5) is 13.9. The number of hydrogen-bond donors (Lipinski definition) is 2. The predicted octanol–water partition coefficient (Wildman–Crippen LogP) is 1.72. The fourth-order valence-electron chi connectivity index (χ4n) is 2.79. The number of likely N-dealkylation sites (tertiary alicyclic amines) is 1. The van der Waals surface area contributed by atoms with Gasteiger partial charge < -0.3 is 15.3 Å². The summed E-state index contributed by atoms with van der Waals surface area (Å²) in [5, 5.41) is 16.9. The molecule has 2 N–H and O–H groups in total. The number of carbonyl (C=O) groups excluding carboxylic acids is 1. The van der Waals surface area contributed by atoms with Crippen LogP contribution in [0.2, 0.25) is 0 Å². The molecular weight excluding hydrogens is 292 g/mol. The Bertz CT molecular complexity index is 635. The maximum atomic E-state index is 12.1. The maximum Gasteiger partial charge on any atom is 0.317 e. The molecule has 6 nitrogen and oxygen atoms in total. The SMILES string of the molecule is O=C(NC(CO)Cn1ccc(-c2ccccc2)n1)N1CCCC1. The summed E-state index contributed by atoms with van der Waals surface area (Å²) in [6.07, 6.45) is 3.97. The van der Waals surface area contributed by atoms with Gasteiger partial charge in [0.15, 0.2) is 0 Å². The van der Waals surface area contributed by atoms with Gasteiger partial charge in [0.2, 0.25) is 0 Å². The summed E-state index contributed by atoms with van der Waals surface area (Å²) >= 11 is 0.